The predicted octanol–water partition coefficient (Wildman–Crippen LogP) is 3.62. The zero-order valence-corrected chi connectivity index (χ0v) is 14.1. The summed E-state index contributed by atoms with van der Waals surface area (Å²) < 4.78 is 20.2. The lowest BCUT2D eigenvalue weighted by atomic mass is 10.2. The maximum Gasteiger partial charge on any atom is 0.210 e. The first-order valence-corrected chi connectivity index (χ1v) is 8.48. The van der Waals surface area contributed by atoms with Crippen LogP contribution in [0.3, 0.4) is 0 Å². The SMILES string of the molecule is Nn1c(SCCOc2ccccc2F)nnc1-c1ccccc1Cl. The van der Waals surface area contributed by atoms with Gasteiger partial charge < -0.3 is 10.6 Å². The molecule has 0 atom stereocenters. The van der Waals surface area contributed by atoms with Crippen LogP contribution >= 0.6 is 23.4 Å². The number of benzene rings is 2. The summed E-state index contributed by atoms with van der Waals surface area (Å²) in [6.45, 7) is 0.319. The molecule has 1 heterocycles. The third-order valence-electron chi connectivity index (χ3n) is 3.19. The molecule has 0 fully saturated rings. The standard InChI is InChI=1S/C16H14ClFN4OS/c17-12-6-2-1-5-11(12)15-20-21-16(22(15)19)24-10-9-23-14-8-4-3-7-13(14)18/h1-8H,9-10,19H2. The van der Waals surface area contributed by atoms with Gasteiger partial charge in [0.1, 0.15) is 0 Å². The second-order valence-electron chi connectivity index (χ2n) is 4.78. The number of nitrogens with zero attached hydrogens (tertiary/aromatic N) is 3. The van der Waals surface area contributed by atoms with Gasteiger partial charge in [-0.25, -0.2) is 9.07 Å². The number of ether oxygens (including phenoxy) is 1. The molecule has 0 unspecified atom stereocenters. The van der Waals surface area contributed by atoms with Crippen LogP contribution in [0.25, 0.3) is 11.4 Å². The summed E-state index contributed by atoms with van der Waals surface area (Å²) >= 11 is 7.52. The van der Waals surface area contributed by atoms with Crippen LogP contribution in [0.15, 0.2) is 53.7 Å². The first kappa shape index (κ1) is 16.6. The van der Waals surface area contributed by atoms with Crippen molar-refractivity contribution in [2.24, 2.45) is 0 Å². The Morgan fingerprint density at radius 1 is 1.12 bits per heavy atom. The average Bonchev–Trinajstić information content (AvgIpc) is 2.94. The van der Waals surface area contributed by atoms with E-state index in [9.17, 15) is 4.39 Å². The molecule has 0 amide bonds. The highest BCUT2D eigenvalue weighted by Crippen LogP contribution is 2.27. The quantitative estimate of drug-likeness (QED) is 0.411. The number of nitrogen functional groups attached to an aromatic ring is 1. The minimum Gasteiger partial charge on any atom is -0.490 e. The van der Waals surface area contributed by atoms with E-state index >= 15 is 0 Å². The lowest BCUT2D eigenvalue weighted by molar-refractivity contribution is 0.325. The summed E-state index contributed by atoms with van der Waals surface area (Å²) in [4.78, 5) is 0. The lowest BCUT2D eigenvalue weighted by Crippen LogP contribution is -2.12. The molecule has 0 spiro atoms. The van der Waals surface area contributed by atoms with E-state index < -0.39 is 0 Å². The molecule has 3 aromatic rings. The largest absolute Gasteiger partial charge is 0.490 e. The van der Waals surface area contributed by atoms with Crippen molar-refractivity contribution in [2.45, 2.75) is 5.16 Å². The fraction of sp³-hybridized carbons (Fsp3) is 0.125. The summed E-state index contributed by atoms with van der Waals surface area (Å²) in [6, 6.07) is 13.5. The zero-order valence-electron chi connectivity index (χ0n) is 12.5. The zero-order chi connectivity index (χ0) is 16.9. The maximum absolute atomic E-state index is 13.4. The van der Waals surface area contributed by atoms with E-state index in [2.05, 4.69) is 10.2 Å². The maximum atomic E-state index is 13.4. The number of rotatable bonds is 6. The van der Waals surface area contributed by atoms with Crippen LogP contribution in [0.1, 0.15) is 0 Å². The highest BCUT2D eigenvalue weighted by atomic mass is 35.5. The molecular weight excluding hydrogens is 351 g/mol. The van der Waals surface area contributed by atoms with Crippen LogP contribution in [-0.4, -0.2) is 27.2 Å². The van der Waals surface area contributed by atoms with Gasteiger partial charge >= 0.3 is 0 Å². The third kappa shape index (κ3) is 3.63. The van der Waals surface area contributed by atoms with Crippen LogP contribution < -0.4 is 10.6 Å². The Morgan fingerprint density at radius 2 is 1.88 bits per heavy atom. The second kappa shape index (κ2) is 7.55. The fourth-order valence-corrected chi connectivity index (χ4v) is 2.94. The van der Waals surface area contributed by atoms with E-state index in [1.54, 1.807) is 24.3 Å². The smallest absolute Gasteiger partial charge is 0.210 e. The summed E-state index contributed by atoms with van der Waals surface area (Å²) in [5, 5.41) is 9.22. The molecule has 0 saturated carbocycles. The van der Waals surface area contributed by atoms with Crippen LogP contribution in [0, 0.1) is 5.82 Å². The Balaban J connectivity index is 1.61. The highest BCUT2D eigenvalue weighted by Gasteiger charge is 2.14. The van der Waals surface area contributed by atoms with Crippen LogP contribution in [-0.2, 0) is 0 Å². The number of aromatic nitrogens is 3. The van der Waals surface area contributed by atoms with Gasteiger partial charge in [-0.3, -0.25) is 0 Å². The molecule has 0 aliphatic heterocycles. The van der Waals surface area contributed by atoms with Gasteiger partial charge in [0.25, 0.3) is 0 Å². The molecule has 2 aromatic carbocycles. The Kier molecular flexibility index (Phi) is 5.22. The molecular formula is C16H14ClFN4OS. The Hall–Kier alpha value is -2.25. The third-order valence-corrected chi connectivity index (χ3v) is 4.42. The molecule has 124 valence electrons. The van der Waals surface area contributed by atoms with E-state index in [4.69, 9.17) is 22.2 Å². The average molecular weight is 365 g/mol. The molecule has 0 aliphatic rings. The molecule has 0 radical (unpaired) electrons. The van der Waals surface area contributed by atoms with Gasteiger partial charge in [-0.05, 0) is 24.3 Å². The van der Waals surface area contributed by atoms with Gasteiger partial charge in [0, 0.05) is 11.3 Å². The summed E-state index contributed by atoms with van der Waals surface area (Å²) in [6.07, 6.45) is 0. The summed E-state index contributed by atoms with van der Waals surface area (Å²) in [5.74, 6) is 6.91. The van der Waals surface area contributed by atoms with E-state index in [1.165, 1.54) is 22.5 Å². The highest BCUT2D eigenvalue weighted by molar-refractivity contribution is 7.99. The molecule has 2 N–H and O–H groups in total. The fourth-order valence-electron chi connectivity index (χ4n) is 2.05. The number of thioether (sulfide) groups is 1. The van der Waals surface area contributed by atoms with Gasteiger partial charge in [-0.2, -0.15) is 0 Å². The van der Waals surface area contributed by atoms with Gasteiger partial charge in [0.15, 0.2) is 17.4 Å². The van der Waals surface area contributed by atoms with Crippen molar-refractivity contribution >= 4 is 23.4 Å². The van der Waals surface area contributed by atoms with Crippen LogP contribution in [0.5, 0.6) is 5.75 Å². The van der Waals surface area contributed by atoms with Crippen molar-refractivity contribution in [3.63, 3.8) is 0 Å². The monoisotopic (exact) mass is 364 g/mol. The van der Waals surface area contributed by atoms with Crippen molar-refractivity contribution in [3.8, 4) is 17.1 Å². The number of hydrogen-bond donors (Lipinski definition) is 1. The van der Waals surface area contributed by atoms with Gasteiger partial charge in [0.2, 0.25) is 5.16 Å². The predicted molar refractivity (Wildman–Crippen MR) is 93.2 cm³/mol. The van der Waals surface area contributed by atoms with Crippen LogP contribution in [0.2, 0.25) is 5.02 Å². The number of halogens is 2. The van der Waals surface area contributed by atoms with Crippen molar-refractivity contribution in [1.82, 2.24) is 14.9 Å². The van der Waals surface area contributed by atoms with Gasteiger partial charge in [-0.15, -0.1) is 10.2 Å². The van der Waals surface area contributed by atoms with Crippen molar-refractivity contribution in [2.75, 3.05) is 18.2 Å². The first-order chi connectivity index (χ1) is 11.7. The van der Waals surface area contributed by atoms with Gasteiger partial charge in [0.05, 0.1) is 11.6 Å². The van der Waals surface area contributed by atoms with Crippen molar-refractivity contribution in [1.29, 1.82) is 0 Å². The molecule has 0 saturated heterocycles. The van der Waals surface area contributed by atoms with E-state index in [1.807, 2.05) is 18.2 Å². The minimum atomic E-state index is -0.384. The molecule has 1 aromatic heterocycles. The normalized spacial score (nSPS) is 10.8. The summed E-state index contributed by atoms with van der Waals surface area (Å²) in [5.41, 5.74) is 0.712. The molecule has 24 heavy (non-hydrogen) atoms. The molecule has 0 bridgehead atoms. The van der Waals surface area contributed by atoms with Gasteiger partial charge in [-0.1, -0.05) is 47.6 Å². The molecule has 5 nitrogen and oxygen atoms in total. The number of nitrogens with two attached hydrogens (primary N) is 1. The molecule has 8 heteroatoms. The van der Waals surface area contributed by atoms with E-state index in [-0.39, 0.29) is 11.6 Å². The van der Waals surface area contributed by atoms with E-state index in [0.717, 1.165) is 0 Å². The van der Waals surface area contributed by atoms with Crippen molar-refractivity contribution in [3.05, 3.63) is 59.4 Å². The van der Waals surface area contributed by atoms with Crippen molar-refractivity contribution < 1.29 is 9.13 Å². The lowest BCUT2D eigenvalue weighted by Gasteiger charge is -2.07. The topological polar surface area (TPSA) is 66.0 Å². The Bertz CT molecular complexity index is 842. The Labute approximate surface area is 147 Å². The Morgan fingerprint density at radius 3 is 2.67 bits per heavy atom. The number of para-hydroxylation sites is 1. The number of hydrogen-bond acceptors (Lipinski definition) is 5. The summed E-state index contributed by atoms with van der Waals surface area (Å²) in [7, 11) is 0. The minimum absolute atomic E-state index is 0.226. The molecule has 3 rings (SSSR count). The molecule has 0 aliphatic carbocycles. The first-order valence-electron chi connectivity index (χ1n) is 7.12. The van der Waals surface area contributed by atoms with E-state index in [0.29, 0.717) is 33.9 Å². The second-order valence-corrected chi connectivity index (χ2v) is 6.25. The van der Waals surface area contributed by atoms with Crippen LogP contribution in [0.4, 0.5) is 4.39 Å².